The summed E-state index contributed by atoms with van der Waals surface area (Å²) in [6.45, 7) is 1.88. The number of fused-ring (bicyclic) bond motifs is 3. The van der Waals surface area contributed by atoms with Gasteiger partial charge in [-0.1, -0.05) is 11.6 Å². The zero-order valence-electron chi connectivity index (χ0n) is 9.53. The summed E-state index contributed by atoms with van der Waals surface area (Å²) < 4.78 is 1.78. The van der Waals surface area contributed by atoms with E-state index in [0.717, 1.165) is 18.9 Å². The van der Waals surface area contributed by atoms with Crippen LogP contribution in [-0.2, 0) is 6.54 Å². The highest BCUT2D eigenvalue weighted by Gasteiger charge is 2.50. The maximum Gasteiger partial charge on any atom is 0.350 e. The van der Waals surface area contributed by atoms with Crippen molar-refractivity contribution in [2.75, 3.05) is 11.4 Å². The fraction of sp³-hybridized carbons (Fsp3) is 0.667. The summed E-state index contributed by atoms with van der Waals surface area (Å²) >= 11 is 5.90. The van der Waals surface area contributed by atoms with Crippen molar-refractivity contribution in [1.82, 2.24) is 9.55 Å². The third-order valence-corrected chi connectivity index (χ3v) is 4.75. The number of piperidine rings is 1. The standard InChI is InChI=1S/C12H14ClN3O/c13-9-5-10-15(11(17)14-9)6-8-1-2-12(3-4-12)7-16(8)10/h5,8H,1-4,6-7H2. The Balaban J connectivity index is 1.80. The average Bonchev–Trinajstić information content (AvgIpc) is 2.93. The van der Waals surface area contributed by atoms with E-state index in [1.54, 1.807) is 4.57 Å². The lowest BCUT2D eigenvalue weighted by molar-refractivity contribution is 0.340. The van der Waals surface area contributed by atoms with E-state index in [1.165, 1.54) is 25.7 Å². The van der Waals surface area contributed by atoms with Crippen LogP contribution in [0.5, 0.6) is 0 Å². The molecule has 1 aliphatic carbocycles. The molecule has 0 amide bonds. The molecule has 2 fully saturated rings. The molecule has 4 rings (SSSR count). The molecule has 1 spiro atoms. The van der Waals surface area contributed by atoms with Crippen LogP contribution in [0.4, 0.5) is 5.82 Å². The Bertz CT molecular complexity index is 549. The van der Waals surface area contributed by atoms with Crippen LogP contribution in [0.25, 0.3) is 0 Å². The zero-order valence-corrected chi connectivity index (χ0v) is 10.3. The summed E-state index contributed by atoms with van der Waals surface area (Å²) in [5.74, 6) is 0.978. The lowest BCUT2D eigenvalue weighted by Crippen LogP contribution is -2.41. The molecule has 1 aromatic heterocycles. The van der Waals surface area contributed by atoms with Gasteiger partial charge in [0.2, 0.25) is 0 Å². The number of hydrogen-bond donors (Lipinski definition) is 0. The quantitative estimate of drug-likeness (QED) is 0.659. The van der Waals surface area contributed by atoms with E-state index in [-0.39, 0.29) is 5.69 Å². The number of halogens is 1. The van der Waals surface area contributed by atoms with Crippen LogP contribution in [0.1, 0.15) is 25.7 Å². The van der Waals surface area contributed by atoms with Crippen molar-refractivity contribution in [1.29, 1.82) is 0 Å². The molecular formula is C12H14ClN3O. The summed E-state index contributed by atoms with van der Waals surface area (Å²) in [6, 6.07) is 2.32. The number of anilines is 1. The second-order valence-corrected chi connectivity index (χ2v) is 6.04. The van der Waals surface area contributed by atoms with Crippen molar-refractivity contribution >= 4 is 17.4 Å². The summed E-state index contributed by atoms with van der Waals surface area (Å²) in [5.41, 5.74) is 0.351. The molecule has 1 saturated heterocycles. The molecule has 0 N–H and O–H groups in total. The molecular weight excluding hydrogens is 238 g/mol. The first kappa shape index (κ1) is 9.95. The highest BCUT2D eigenvalue weighted by atomic mass is 35.5. The zero-order chi connectivity index (χ0) is 11.6. The molecule has 0 aromatic carbocycles. The largest absolute Gasteiger partial charge is 0.352 e. The maximum absolute atomic E-state index is 11.8. The molecule has 5 heteroatoms. The van der Waals surface area contributed by atoms with Crippen molar-refractivity contribution in [3.63, 3.8) is 0 Å². The second-order valence-electron chi connectivity index (χ2n) is 5.65. The van der Waals surface area contributed by atoms with Crippen molar-refractivity contribution in [3.05, 3.63) is 21.7 Å². The minimum atomic E-state index is -0.202. The first-order valence-electron chi connectivity index (χ1n) is 6.21. The monoisotopic (exact) mass is 251 g/mol. The van der Waals surface area contributed by atoms with Gasteiger partial charge in [-0.15, -0.1) is 0 Å². The first-order chi connectivity index (χ1) is 8.17. The van der Waals surface area contributed by atoms with Gasteiger partial charge in [0.25, 0.3) is 0 Å². The normalized spacial score (nSPS) is 28.1. The average molecular weight is 252 g/mol. The van der Waals surface area contributed by atoms with Crippen molar-refractivity contribution < 1.29 is 0 Å². The minimum absolute atomic E-state index is 0.202. The van der Waals surface area contributed by atoms with E-state index in [1.807, 2.05) is 6.07 Å². The number of rotatable bonds is 0. The maximum atomic E-state index is 11.8. The third-order valence-electron chi connectivity index (χ3n) is 4.56. The molecule has 4 nitrogen and oxygen atoms in total. The van der Waals surface area contributed by atoms with Crippen LogP contribution in [0.15, 0.2) is 10.9 Å². The molecule has 3 heterocycles. The third kappa shape index (κ3) is 1.36. The molecule has 1 aromatic rings. The molecule has 2 aliphatic heterocycles. The Labute approximate surface area is 104 Å². The van der Waals surface area contributed by atoms with Gasteiger partial charge in [-0.3, -0.25) is 4.57 Å². The van der Waals surface area contributed by atoms with E-state index >= 15 is 0 Å². The molecule has 1 atom stereocenters. The van der Waals surface area contributed by atoms with Gasteiger partial charge in [0, 0.05) is 25.2 Å². The van der Waals surface area contributed by atoms with E-state index in [0.29, 0.717) is 16.6 Å². The predicted octanol–water partition coefficient (Wildman–Crippen LogP) is 1.66. The van der Waals surface area contributed by atoms with Gasteiger partial charge in [-0.05, 0) is 31.1 Å². The summed E-state index contributed by atoms with van der Waals surface area (Å²) in [7, 11) is 0. The van der Waals surface area contributed by atoms with Crippen LogP contribution < -0.4 is 10.6 Å². The Morgan fingerprint density at radius 1 is 1.41 bits per heavy atom. The predicted molar refractivity (Wildman–Crippen MR) is 65.5 cm³/mol. The van der Waals surface area contributed by atoms with Gasteiger partial charge in [-0.25, -0.2) is 4.79 Å². The van der Waals surface area contributed by atoms with Gasteiger partial charge in [-0.2, -0.15) is 4.98 Å². The molecule has 3 aliphatic rings. The molecule has 1 unspecified atom stereocenters. The molecule has 90 valence electrons. The topological polar surface area (TPSA) is 38.1 Å². The van der Waals surface area contributed by atoms with Crippen LogP contribution in [0.3, 0.4) is 0 Å². The molecule has 0 radical (unpaired) electrons. The van der Waals surface area contributed by atoms with E-state index in [9.17, 15) is 4.79 Å². The summed E-state index contributed by atoms with van der Waals surface area (Å²) in [4.78, 5) is 18.0. The highest BCUT2D eigenvalue weighted by Crippen LogP contribution is 2.54. The van der Waals surface area contributed by atoms with Crippen LogP contribution >= 0.6 is 11.6 Å². The fourth-order valence-corrected chi connectivity index (χ4v) is 3.50. The molecule has 1 saturated carbocycles. The van der Waals surface area contributed by atoms with Crippen LogP contribution in [0, 0.1) is 5.41 Å². The lowest BCUT2D eigenvalue weighted by atomic mass is 9.91. The van der Waals surface area contributed by atoms with Crippen molar-refractivity contribution in [2.24, 2.45) is 5.41 Å². The number of aromatic nitrogens is 2. The van der Waals surface area contributed by atoms with Crippen molar-refractivity contribution in [2.45, 2.75) is 38.3 Å². The molecule has 0 bridgehead atoms. The van der Waals surface area contributed by atoms with Gasteiger partial charge >= 0.3 is 5.69 Å². The highest BCUT2D eigenvalue weighted by molar-refractivity contribution is 6.29. The second kappa shape index (κ2) is 3.05. The Kier molecular flexibility index (Phi) is 1.78. The van der Waals surface area contributed by atoms with Gasteiger partial charge in [0.05, 0.1) is 0 Å². The SMILES string of the molecule is O=c1nc(Cl)cc2n1CC1CCC3(CC3)CN21. The summed E-state index contributed by atoms with van der Waals surface area (Å²) in [6.07, 6.45) is 5.20. The first-order valence-corrected chi connectivity index (χ1v) is 6.59. The number of nitrogens with zero attached hydrogens (tertiary/aromatic N) is 3. The Morgan fingerprint density at radius 2 is 2.24 bits per heavy atom. The number of hydrogen-bond acceptors (Lipinski definition) is 3. The lowest BCUT2D eigenvalue weighted by Gasteiger charge is -2.36. The van der Waals surface area contributed by atoms with Crippen LogP contribution in [-0.4, -0.2) is 22.1 Å². The van der Waals surface area contributed by atoms with Crippen LogP contribution in [0.2, 0.25) is 5.15 Å². The smallest absolute Gasteiger partial charge is 0.350 e. The van der Waals surface area contributed by atoms with Gasteiger partial charge in [0.15, 0.2) is 0 Å². The fourth-order valence-electron chi connectivity index (χ4n) is 3.33. The van der Waals surface area contributed by atoms with Crippen molar-refractivity contribution in [3.8, 4) is 0 Å². The van der Waals surface area contributed by atoms with Gasteiger partial charge in [0.1, 0.15) is 11.0 Å². The van der Waals surface area contributed by atoms with Gasteiger partial charge < -0.3 is 4.90 Å². The Morgan fingerprint density at radius 3 is 3.00 bits per heavy atom. The molecule has 17 heavy (non-hydrogen) atoms. The Hall–Kier alpha value is -1.03. The summed E-state index contributed by atoms with van der Waals surface area (Å²) in [5, 5.41) is 0.317. The van der Waals surface area contributed by atoms with E-state index < -0.39 is 0 Å². The minimum Gasteiger partial charge on any atom is -0.352 e. The van der Waals surface area contributed by atoms with E-state index in [4.69, 9.17) is 11.6 Å². The van der Waals surface area contributed by atoms with E-state index in [2.05, 4.69) is 9.88 Å².